The summed E-state index contributed by atoms with van der Waals surface area (Å²) in [6.45, 7) is 2.31. The summed E-state index contributed by atoms with van der Waals surface area (Å²) >= 11 is 1.22. The molecule has 35 heavy (non-hydrogen) atoms. The number of benzene rings is 2. The maximum Gasteiger partial charge on any atom is 0.283 e. The maximum absolute atomic E-state index is 15.2. The average Bonchev–Trinajstić information content (AvgIpc) is 3.60. The van der Waals surface area contributed by atoms with Crippen molar-refractivity contribution in [1.82, 2.24) is 9.62 Å². The molecule has 2 heterocycles. The number of alkyl halides is 2. The highest BCUT2D eigenvalue weighted by atomic mass is 32.2. The number of carbonyl (C=O) groups is 1. The van der Waals surface area contributed by atoms with E-state index in [-0.39, 0.29) is 28.4 Å². The van der Waals surface area contributed by atoms with E-state index in [0.717, 1.165) is 30.4 Å². The fraction of sp³-hybridized carbons (Fsp3) is 0.480. The molecule has 3 aliphatic rings. The molecule has 1 N–H and O–H groups in total. The summed E-state index contributed by atoms with van der Waals surface area (Å²) < 4.78 is 79.7. The van der Waals surface area contributed by atoms with Gasteiger partial charge in [-0.25, -0.2) is 22.0 Å². The first-order chi connectivity index (χ1) is 16.7. The van der Waals surface area contributed by atoms with Gasteiger partial charge in [0.15, 0.2) is 11.6 Å². The van der Waals surface area contributed by atoms with Gasteiger partial charge in [-0.1, -0.05) is 42.3 Å². The Hall–Kier alpha value is -2.17. The van der Waals surface area contributed by atoms with E-state index in [4.69, 9.17) is 4.74 Å². The van der Waals surface area contributed by atoms with Gasteiger partial charge in [-0.05, 0) is 44.2 Å². The SMILES string of the molecule is CC1CCO1.O=CN1CC(F)(F)C(NSC2CC2)C1Cc1cccc(-c2cccc(F)c2F)c1F. The van der Waals surface area contributed by atoms with Gasteiger partial charge in [-0.2, -0.15) is 0 Å². The minimum atomic E-state index is -3.17. The van der Waals surface area contributed by atoms with Crippen molar-refractivity contribution in [2.24, 2.45) is 0 Å². The van der Waals surface area contributed by atoms with E-state index < -0.39 is 42.0 Å². The molecule has 2 saturated heterocycles. The van der Waals surface area contributed by atoms with E-state index in [1.54, 1.807) is 0 Å². The number of amides is 1. The van der Waals surface area contributed by atoms with Crippen LogP contribution in [0.25, 0.3) is 11.1 Å². The summed E-state index contributed by atoms with van der Waals surface area (Å²) in [5, 5.41) is 0.266. The largest absolute Gasteiger partial charge is 0.378 e. The zero-order valence-electron chi connectivity index (χ0n) is 19.2. The summed E-state index contributed by atoms with van der Waals surface area (Å²) in [6.07, 6.45) is 3.86. The summed E-state index contributed by atoms with van der Waals surface area (Å²) in [5.74, 6) is -6.29. The van der Waals surface area contributed by atoms with Gasteiger partial charge in [-0.15, -0.1) is 0 Å². The van der Waals surface area contributed by atoms with Crippen LogP contribution in [0.5, 0.6) is 0 Å². The van der Waals surface area contributed by atoms with E-state index >= 15 is 4.39 Å². The van der Waals surface area contributed by atoms with Crippen molar-refractivity contribution in [3.63, 3.8) is 0 Å². The van der Waals surface area contributed by atoms with Gasteiger partial charge in [0.25, 0.3) is 5.92 Å². The minimum absolute atomic E-state index is 0.0499. The van der Waals surface area contributed by atoms with E-state index in [1.807, 2.05) is 0 Å². The third kappa shape index (κ3) is 5.98. The third-order valence-electron chi connectivity index (χ3n) is 6.36. The van der Waals surface area contributed by atoms with Gasteiger partial charge in [0.2, 0.25) is 6.41 Å². The van der Waals surface area contributed by atoms with Gasteiger partial charge in [-0.3, -0.25) is 9.52 Å². The van der Waals surface area contributed by atoms with Crippen molar-refractivity contribution < 1.29 is 31.5 Å². The van der Waals surface area contributed by atoms with Crippen LogP contribution in [0.2, 0.25) is 0 Å². The van der Waals surface area contributed by atoms with E-state index in [0.29, 0.717) is 12.5 Å². The molecule has 3 unspecified atom stereocenters. The van der Waals surface area contributed by atoms with Crippen molar-refractivity contribution in [2.45, 2.75) is 62.0 Å². The molecule has 0 bridgehead atoms. The second-order valence-electron chi connectivity index (χ2n) is 9.07. The Morgan fingerprint density at radius 2 is 1.71 bits per heavy atom. The average molecular weight is 515 g/mol. The standard InChI is InChI=1S/C21H19F5N2OS.C4H8O/c22-16-6-2-5-15(19(16)24)14-4-1-3-12(18(14)23)9-17-20(27-30-13-7-8-13)21(25,26)10-28(17)11-29;1-4-2-3-5-4/h1-6,11,13,17,20,27H,7-10H2;4H,2-3H2,1H3. The van der Waals surface area contributed by atoms with Crippen molar-refractivity contribution in [3.05, 3.63) is 59.4 Å². The van der Waals surface area contributed by atoms with Crippen LogP contribution < -0.4 is 4.72 Å². The highest BCUT2D eigenvalue weighted by molar-refractivity contribution is 7.98. The molecule has 0 spiro atoms. The molecule has 4 nitrogen and oxygen atoms in total. The lowest BCUT2D eigenvalue weighted by Gasteiger charge is -2.26. The van der Waals surface area contributed by atoms with Crippen LogP contribution in [0.1, 0.15) is 31.7 Å². The van der Waals surface area contributed by atoms with Crippen LogP contribution in [-0.4, -0.2) is 53.8 Å². The predicted molar refractivity (Wildman–Crippen MR) is 125 cm³/mol. The lowest BCUT2D eigenvalue weighted by atomic mass is 9.95. The summed E-state index contributed by atoms with van der Waals surface area (Å²) in [5.41, 5.74) is -0.366. The zero-order valence-corrected chi connectivity index (χ0v) is 20.0. The first-order valence-electron chi connectivity index (χ1n) is 11.5. The Balaban J connectivity index is 0.000000514. The molecule has 1 saturated carbocycles. The number of hydrogen-bond acceptors (Lipinski definition) is 4. The molecule has 3 atom stereocenters. The smallest absolute Gasteiger partial charge is 0.283 e. The third-order valence-corrected chi connectivity index (χ3v) is 7.55. The summed E-state index contributed by atoms with van der Waals surface area (Å²) in [7, 11) is 0. The number of halogens is 5. The van der Waals surface area contributed by atoms with E-state index in [1.165, 1.54) is 48.7 Å². The van der Waals surface area contributed by atoms with Crippen LogP contribution in [0.3, 0.4) is 0 Å². The van der Waals surface area contributed by atoms with E-state index in [2.05, 4.69) is 11.6 Å². The predicted octanol–water partition coefficient (Wildman–Crippen LogP) is 5.35. The van der Waals surface area contributed by atoms with Gasteiger partial charge < -0.3 is 9.64 Å². The normalized spacial score (nSPS) is 25.0. The zero-order chi connectivity index (χ0) is 25.2. The van der Waals surface area contributed by atoms with Gasteiger partial charge in [0.1, 0.15) is 11.9 Å². The molecule has 190 valence electrons. The fourth-order valence-electron chi connectivity index (χ4n) is 4.04. The molecule has 2 aliphatic heterocycles. The molecule has 3 fully saturated rings. The fourth-order valence-corrected chi connectivity index (χ4v) is 5.08. The molecule has 10 heteroatoms. The Morgan fingerprint density at radius 3 is 2.29 bits per heavy atom. The van der Waals surface area contributed by atoms with E-state index in [9.17, 15) is 22.4 Å². The first-order valence-corrected chi connectivity index (χ1v) is 12.4. The lowest BCUT2D eigenvalue weighted by molar-refractivity contribution is -0.120. The number of rotatable bonds is 7. The summed E-state index contributed by atoms with van der Waals surface area (Å²) in [6, 6.07) is 5.28. The minimum Gasteiger partial charge on any atom is -0.378 e. The number of hydrogen-bond donors (Lipinski definition) is 1. The first kappa shape index (κ1) is 25.9. The molecule has 1 amide bonds. The summed E-state index contributed by atoms with van der Waals surface area (Å²) in [4.78, 5) is 12.4. The van der Waals surface area contributed by atoms with Crippen LogP contribution in [0.15, 0.2) is 36.4 Å². The highest BCUT2D eigenvalue weighted by Crippen LogP contribution is 2.39. The van der Waals surface area contributed by atoms with Crippen LogP contribution in [-0.2, 0) is 16.0 Å². The lowest BCUT2D eigenvalue weighted by Crippen LogP contribution is -2.47. The van der Waals surface area contributed by atoms with Crippen molar-refractivity contribution in [3.8, 4) is 11.1 Å². The topological polar surface area (TPSA) is 41.6 Å². The van der Waals surface area contributed by atoms with Crippen molar-refractivity contribution in [2.75, 3.05) is 13.2 Å². The highest BCUT2D eigenvalue weighted by Gasteiger charge is 2.54. The molecule has 2 aromatic carbocycles. The van der Waals surface area contributed by atoms with Crippen LogP contribution >= 0.6 is 11.9 Å². The molecule has 2 aromatic rings. The van der Waals surface area contributed by atoms with Gasteiger partial charge >= 0.3 is 0 Å². The maximum atomic E-state index is 15.2. The van der Waals surface area contributed by atoms with Gasteiger partial charge in [0.05, 0.1) is 18.7 Å². The molecular formula is C25H27F5N2O2S. The number of carbonyl (C=O) groups excluding carboxylic acids is 1. The van der Waals surface area contributed by atoms with Gasteiger partial charge in [0, 0.05) is 23.0 Å². The number of likely N-dealkylation sites (tertiary alicyclic amines) is 1. The second-order valence-corrected chi connectivity index (χ2v) is 10.2. The molecular weight excluding hydrogens is 487 g/mol. The number of nitrogens with zero attached hydrogens (tertiary/aromatic N) is 1. The van der Waals surface area contributed by atoms with Crippen LogP contribution in [0.4, 0.5) is 22.0 Å². The quantitative estimate of drug-likeness (QED) is 0.307. The number of nitrogens with one attached hydrogen (secondary N) is 1. The van der Waals surface area contributed by atoms with Crippen molar-refractivity contribution in [1.29, 1.82) is 0 Å². The molecule has 1 aliphatic carbocycles. The Labute approximate surface area is 205 Å². The molecule has 0 radical (unpaired) electrons. The Kier molecular flexibility index (Phi) is 8.02. The van der Waals surface area contributed by atoms with Crippen LogP contribution in [0, 0.1) is 17.5 Å². The molecule has 5 rings (SSSR count). The second kappa shape index (κ2) is 10.8. The monoisotopic (exact) mass is 514 g/mol. The van der Waals surface area contributed by atoms with Crippen molar-refractivity contribution >= 4 is 18.4 Å². The Bertz CT molecular complexity index is 1050. The molecule has 0 aromatic heterocycles. The Morgan fingerprint density at radius 1 is 1.09 bits per heavy atom. The number of ether oxygens (including phenoxy) is 1.